The van der Waals surface area contributed by atoms with Crippen molar-refractivity contribution in [2.24, 2.45) is 0 Å². The number of carbonyl (C=O) groups excluding carboxylic acids is 2. The lowest BCUT2D eigenvalue weighted by atomic mass is 10.3. The molecule has 0 radical (unpaired) electrons. The van der Waals surface area contributed by atoms with E-state index in [1.54, 1.807) is 38.5 Å². The molecule has 1 saturated heterocycles. The quantitative estimate of drug-likeness (QED) is 0.544. The summed E-state index contributed by atoms with van der Waals surface area (Å²) in [5.74, 6) is 1.16. The van der Waals surface area contributed by atoms with E-state index in [9.17, 15) is 9.59 Å². The number of rotatable bonds is 10. The van der Waals surface area contributed by atoms with Crippen molar-refractivity contribution in [1.29, 1.82) is 0 Å². The van der Waals surface area contributed by atoms with Crippen LogP contribution in [-0.4, -0.2) is 88.7 Å². The topological polar surface area (TPSA) is 102 Å². The normalized spacial score (nSPS) is 14.2. The highest BCUT2D eigenvalue weighted by Crippen LogP contribution is 2.23. The van der Waals surface area contributed by atoms with Crippen molar-refractivity contribution in [2.45, 2.75) is 0 Å². The Morgan fingerprint density at radius 1 is 0.706 bits per heavy atom. The maximum absolute atomic E-state index is 12.0. The van der Waals surface area contributed by atoms with Crippen LogP contribution in [-0.2, 0) is 9.47 Å². The number of nitrogens with zero attached hydrogens (tertiary/aromatic N) is 2. The van der Waals surface area contributed by atoms with E-state index in [1.807, 2.05) is 24.3 Å². The minimum absolute atomic E-state index is 0.299. The second-order valence-corrected chi connectivity index (χ2v) is 7.61. The van der Waals surface area contributed by atoms with Crippen LogP contribution in [0.3, 0.4) is 0 Å². The predicted molar refractivity (Wildman–Crippen MR) is 129 cm³/mol. The lowest BCUT2D eigenvalue weighted by molar-refractivity contribution is 0.0849. The Balaban J connectivity index is 1.27. The lowest BCUT2D eigenvalue weighted by Gasteiger charge is -2.34. The Hall–Kier alpha value is -3.50. The first-order valence-corrected chi connectivity index (χ1v) is 11.2. The number of hydrogen-bond donors (Lipinski definition) is 2. The van der Waals surface area contributed by atoms with Gasteiger partial charge in [0.15, 0.2) is 0 Å². The molecule has 1 aliphatic rings. The molecule has 0 aliphatic carbocycles. The molecule has 184 valence electrons. The van der Waals surface area contributed by atoms with E-state index in [2.05, 4.69) is 20.4 Å². The molecule has 2 aromatic rings. The van der Waals surface area contributed by atoms with E-state index in [1.165, 1.54) is 0 Å². The average molecular weight is 473 g/mol. The number of nitrogens with one attached hydrogen (secondary N) is 2. The Kier molecular flexibility index (Phi) is 9.80. The number of anilines is 2. The van der Waals surface area contributed by atoms with E-state index in [4.69, 9.17) is 18.9 Å². The average Bonchev–Trinajstić information content (AvgIpc) is 2.85. The zero-order valence-corrected chi connectivity index (χ0v) is 19.6. The number of hydrogen-bond acceptors (Lipinski definition) is 8. The summed E-state index contributed by atoms with van der Waals surface area (Å²) in [7, 11) is 3.10. The van der Waals surface area contributed by atoms with Gasteiger partial charge in [-0.15, -0.1) is 0 Å². The summed E-state index contributed by atoms with van der Waals surface area (Å²) >= 11 is 0. The summed E-state index contributed by atoms with van der Waals surface area (Å²) in [6.07, 6.45) is -1.02. The molecule has 0 unspecified atom stereocenters. The van der Waals surface area contributed by atoms with Gasteiger partial charge in [0.05, 0.1) is 25.6 Å². The van der Waals surface area contributed by atoms with Gasteiger partial charge in [-0.3, -0.25) is 20.4 Å². The van der Waals surface area contributed by atoms with Gasteiger partial charge in [0.2, 0.25) is 0 Å². The van der Waals surface area contributed by atoms with Crippen LogP contribution in [0.1, 0.15) is 0 Å². The van der Waals surface area contributed by atoms with Crippen LogP contribution >= 0.6 is 0 Å². The maximum Gasteiger partial charge on any atom is 0.411 e. The Morgan fingerprint density at radius 3 is 1.47 bits per heavy atom. The van der Waals surface area contributed by atoms with Gasteiger partial charge in [0.25, 0.3) is 0 Å². The van der Waals surface area contributed by atoms with Crippen LogP contribution in [0.25, 0.3) is 0 Å². The van der Waals surface area contributed by atoms with Crippen LogP contribution in [0.15, 0.2) is 48.5 Å². The van der Waals surface area contributed by atoms with Crippen LogP contribution in [0.4, 0.5) is 21.0 Å². The summed E-state index contributed by atoms with van der Waals surface area (Å²) in [5.41, 5.74) is 1.14. The van der Waals surface area contributed by atoms with Crippen molar-refractivity contribution in [2.75, 3.05) is 77.3 Å². The first-order chi connectivity index (χ1) is 16.6. The first-order valence-electron chi connectivity index (χ1n) is 11.2. The fourth-order valence-corrected chi connectivity index (χ4v) is 3.56. The molecule has 0 atom stereocenters. The molecule has 3 rings (SSSR count). The van der Waals surface area contributed by atoms with Gasteiger partial charge < -0.3 is 18.9 Å². The number of benzene rings is 2. The third-order valence-corrected chi connectivity index (χ3v) is 5.43. The highest BCUT2D eigenvalue weighted by atomic mass is 16.6. The molecule has 1 aliphatic heterocycles. The highest BCUT2D eigenvalue weighted by molar-refractivity contribution is 5.87. The molecule has 1 heterocycles. The molecule has 0 saturated carbocycles. The number of methoxy groups -OCH3 is 2. The summed E-state index contributed by atoms with van der Waals surface area (Å²) in [4.78, 5) is 28.5. The second-order valence-electron chi connectivity index (χ2n) is 7.61. The summed E-state index contributed by atoms with van der Waals surface area (Å²) in [6.45, 7) is 5.32. The summed E-state index contributed by atoms with van der Waals surface area (Å²) in [6, 6.07) is 14.3. The zero-order chi connectivity index (χ0) is 24.2. The zero-order valence-electron chi connectivity index (χ0n) is 19.6. The second kappa shape index (κ2) is 13.3. The van der Waals surface area contributed by atoms with Crippen molar-refractivity contribution in [3.63, 3.8) is 0 Å². The van der Waals surface area contributed by atoms with E-state index in [-0.39, 0.29) is 0 Å². The number of piperazine rings is 1. The third kappa shape index (κ3) is 7.82. The molecule has 10 nitrogen and oxygen atoms in total. The van der Waals surface area contributed by atoms with Crippen molar-refractivity contribution < 1.29 is 28.5 Å². The summed E-state index contributed by atoms with van der Waals surface area (Å²) in [5, 5.41) is 5.39. The van der Waals surface area contributed by atoms with Crippen LogP contribution in [0.5, 0.6) is 11.5 Å². The minimum atomic E-state index is -0.508. The van der Waals surface area contributed by atoms with E-state index >= 15 is 0 Å². The third-order valence-electron chi connectivity index (χ3n) is 5.43. The van der Waals surface area contributed by atoms with Gasteiger partial charge >= 0.3 is 12.2 Å². The van der Waals surface area contributed by atoms with Gasteiger partial charge in [-0.1, -0.05) is 24.3 Å². The molecule has 2 aromatic carbocycles. The molecule has 10 heteroatoms. The van der Waals surface area contributed by atoms with Crippen LogP contribution in [0, 0.1) is 0 Å². The fraction of sp³-hybridized carbons (Fsp3) is 0.417. The number of carbonyl (C=O) groups is 2. The van der Waals surface area contributed by atoms with Crippen molar-refractivity contribution >= 4 is 23.6 Å². The van der Waals surface area contributed by atoms with E-state index in [0.717, 1.165) is 26.2 Å². The SMILES string of the molecule is COc1ccccc1NC(=O)OCCN1CCN(CCOC(=O)Nc2ccccc2OC)CC1. The first kappa shape index (κ1) is 25.1. The summed E-state index contributed by atoms with van der Waals surface area (Å²) < 4.78 is 21.0. The molecule has 2 N–H and O–H groups in total. The monoisotopic (exact) mass is 472 g/mol. The standard InChI is InChI=1S/C24H32N4O6/c1-31-21-9-5-3-7-19(21)25-23(29)33-17-15-27-11-13-28(14-12-27)16-18-34-24(30)26-20-8-4-6-10-22(20)32-2/h3-10H,11-18H2,1-2H3,(H,25,29)(H,26,30). The Bertz CT molecular complexity index is 858. The van der Waals surface area contributed by atoms with Crippen molar-refractivity contribution in [3.05, 3.63) is 48.5 Å². The van der Waals surface area contributed by atoms with Gasteiger partial charge in [-0.2, -0.15) is 0 Å². The molecule has 2 amide bonds. The molecule has 0 bridgehead atoms. The van der Waals surface area contributed by atoms with Gasteiger partial charge in [-0.05, 0) is 24.3 Å². The van der Waals surface area contributed by atoms with Gasteiger partial charge in [-0.25, -0.2) is 9.59 Å². The van der Waals surface area contributed by atoms with Crippen LogP contribution in [0.2, 0.25) is 0 Å². The fourth-order valence-electron chi connectivity index (χ4n) is 3.56. The minimum Gasteiger partial charge on any atom is -0.495 e. The molecule has 0 aromatic heterocycles. The predicted octanol–water partition coefficient (Wildman–Crippen LogP) is 3.12. The van der Waals surface area contributed by atoms with Crippen LogP contribution < -0.4 is 20.1 Å². The molecule has 1 fully saturated rings. The van der Waals surface area contributed by atoms with Gasteiger partial charge in [0.1, 0.15) is 24.7 Å². The number of ether oxygens (including phenoxy) is 4. The highest BCUT2D eigenvalue weighted by Gasteiger charge is 2.18. The molecular formula is C24H32N4O6. The Labute approximate surface area is 199 Å². The van der Waals surface area contributed by atoms with Gasteiger partial charge in [0, 0.05) is 39.3 Å². The molecular weight excluding hydrogens is 440 g/mol. The lowest BCUT2D eigenvalue weighted by Crippen LogP contribution is -2.48. The van der Waals surface area contributed by atoms with Crippen molar-refractivity contribution in [3.8, 4) is 11.5 Å². The molecule has 34 heavy (non-hydrogen) atoms. The Morgan fingerprint density at radius 2 is 1.09 bits per heavy atom. The maximum atomic E-state index is 12.0. The van der Waals surface area contributed by atoms with E-state index in [0.29, 0.717) is 49.2 Å². The largest absolute Gasteiger partial charge is 0.495 e. The van der Waals surface area contributed by atoms with Crippen molar-refractivity contribution in [1.82, 2.24) is 9.80 Å². The number of para-hydroxylation sites is 4. The molecule has 0 spiro atoms. The van der Waals surface area contributed by atoms with E-state index < -0.39 is 12.2 Å². The smallest absolute Gasteiger partial charge is 0.411 e. The number of amides is 2.